The van der Waals surface area contributed by atoms with Crippen LogP contribution in [0.4, 0.5) is 5.69 Å². The van der Waals surface area contributed by atoms with Crippen molar-refractivity contribution in [3.05, 3.63) is 48.0 Å². The zero-order valence-electron chi connectivity index (χ0n) is 16.6. The zero-order valence-corrected chi connectivity index (χ0v) is 16.6. The highest BCUT2D eigenvalue weighted by molar-refractivity contribution is 6.05. The van der Waals surface area contributed by atoms with Crippen molar-refractivity contribution in [1.82, 2.24) is 0 Å². The third kappa shape index (κ3) is 6.20. The lowest BCUT2D eigenvalue weighted by Gasteiger charge is -2.14. The topological polar surface area (TPSA) is 56.8 Å². The SMILES string of the molecule is CCCOc1ccccc1NC(=O)c1ccc(OCCC(C)C)c(OC)c1. The molecule has 0 spiro atoms. The summed E-state index contributed by atoms with van der Waals surface area (Å²) in [6.45, 7) is 7.55. The molecule has 2 aromatic carbocycles. The standard InChI is InChI=1S/C22H29NO4/c1-5-13-26-19-9-7-6-8-18(19)23-22(24)17-10-11-20(21(15-17)25-4)27-14-12-16(2)3/h6-11,15-16H,5,12-14H2,1-4H3,(H,23,24). The molecule has 5 heteroatoms. The van der Waals surface area contributed by atoms with Gasteiger partial charge < -0.3 is 19.5 Å². The van der Waals surface area contributed by atoms with E-state index in [-0.39, 0.29) is 5.91 Å². The number of methoxy groups -OCH3 is 1. The molecule has 0 atom stereocenters. The summed E-state index contributed by atoms with van der Waals surface area (Å²) in [5.41, 5.74) is 1.14. The van der Waals surface area contributed by atoms with Crippen LogP contribution in [-0.4, -0.2) is 26.2 Å². The van der Waals surface area contributed by atoms with Crippen LogP contribution in [0.2, 0.25) is 0 Å². The summed E-state index contributed by atoms with van der Waals surface area (Å²) in [5, 5.41) is 2.90. The molecular formula is C22H29NO4. The van der Waals surface area contributed by atoms with Crippen LogP contribution in [-0.2, 0) is 0 Å². The first-order valence-corrected chi connectivity index (χ1v) is 9.39. The minimum absolute atomic E-state index is 0.227. The zero-order chi connectivity index (χ0) is 19.6. The highest BCUT2D eigenvalue weighted by atomic mass is 16.5. The van der Waals surface area contributed by atoms with Crippen LogP contribution in [0.5, 0.6) is 17.2 Å². The molecule has 0 aliphatic rings. The molecule has 2 aromatic rings. The number of anilines is 1. The Labute approximate surface area is 161 Å². The monoisotopic (exact) mass is 371 g/mol. The molecule has 0 saturated carbocycles. The number of para-hydroxylation sites is 2. The third-order valence-electron chi connectivity index (χ3n) is 3.98. The van der Waals surface area contributed by atoms with Gasteiger partial charge in [0.2, 0.25) is 0 Å². The van der Waals surface area contributed by atoms with Crippen molar-refractivity contribution in [3.8, 4) is 17.2 Å². The van der Waals surface area contributed by atoms with Crippen LogP contribution in [0.1, 0.15) is 44.0 Å². The molecule has 0 saturated heterocycles. The van der Waals surface area contributed by atoms with E-state index in [2.05, 4.69) is 19.2 Å². The van der Waals surface area contributed by atoms with Crippen LogP contribution in [0, 0.1) is 5.92 Å². The van der Waals surface area contributed by atoms with Crippen molar-refractivity contribution in [2.24, 2.45) is 5.92 Å². The maximum atomic E-state index is 12.7. The van der Waals surface area contributed by atoms with E-state index in [0.717, 1.165) is 12.8 Å². The summed E-state index contributed by atoms with van der Waals surface area (Å²) in [7, 11) is 1.57. The number of carbonyl (C=O) groups is 1. The lowest BCUT2D eigenvalue weighted by molar-refractivity contribution is 0.102. The fourth-order valence-corrected chi connectivity index (χ4v) is 2.43. The number of rotatable bonds is 10. The third-order valence-corrected chi connectivity index (χ3v) is 3.98. The van der Waals surface area contributed by atoms with Crippen molar-refractivity contribution in [2.75, 3.05) is 25.6 Å². The Morgan fingerprint density at radius 1 is 1.00 bits per heavy atom. The molecule has 0 bridgehead atoms. The summed E-state index contributed by atoms with van der Waals surface area (Å²) < 4.78 is 16.9. The van der Waals surface area contributed by atoms with Gasteiger partial charge in [0.25, 0.3) is 5.91 Å². The van der Waals surface area contributed by atoms with Crippen molar-refractivity contribution < 1.29 is 19.0 Å². The predicted octanol–water partition coefficient (Wildman–Crippen LogP) is 5.16. The van der Waals surface area contributed by atoms with Crippen molar-refractivity contribution in [3.63, 3.8) is 0 Å². The van der Waals surface area contributed by atoms with Crippen molar-refractivity contribution in [2.45, 2.75) is 33.6 Å². The highest BCUT2D eigenvalue weighted by Crippen LogP contribution is 2.30. The first-order valence-electron chi connectivity index (χ1n) is 9.39. The Morgan fingerprint density at radius 2 is 1.74 bits per heavy atom. The largest absolute Gasteiger partial charge is 0.493 e. The molecule has 0 fully saturated rings. The number of ether oxygens (including phenoxy) is 3. The lowest BCUT2D eigenvalue weighted by atomic mass is 10.1. The Balaban J connectivity index is 2.10. The van der Waals surface area contributed by atoms with Crippen LogP contribution in [0.15, 0.2) is 42.5 Å². The fourth-order valence-electron chi connectivity index (χ4n) is 2.43. The molecule has 1 amide bonds. The summed E-state index contributed by atoms with van der Waals surface area (Å²) in [5.74, 6) is 2.18. The van der Waals surface area contributed by atoms with Crippen LogP contribution in [0.25, 0.3) is 0 Å². The number of nitrogens with one attached hydrogen (secondary N) is 1. The fraction of sp³-hybridized carbons (Fsp3) is 0.409. The Bertz CT molecular complexity index is 743. The summed E-state index contributed by atoms with van der Waals surface area (Å²) in [6.07, 6.45) is 1.86. The molecule has 5 nitrogen and oxygen atoms in total. The van der Waals surface area contributed by atoms with E-state index in [4.69, 9.17) is 14.2 Å². The van der Waals surface area contributed by atoms with Gasteiger partial charge in [-0.15, -0.1) is 0 Å². The number of hydrogen-bond donors (Lipinski definition) is 1. The minimum atomic E-state index is -0.227. The average molecular weight is 371 g/mol. The molecule has 2 rings (SSSR count). The van der Waals surface area contributed by atoms with Gasteiger partial charge in [-0.25, -0.2) is 0 Å². The van der Waals surface area contributed by atoms with E-state index in [0.29, 0.717) is 47.6 Å². The molecule has 0 aliphatic heterocycles. The second kappa shape index (κ2) is 10.5. The predicted molar refractivity (Wildman–Crippen MR) is 108 cm³/mol. The van der Waals surface area contributed by atoms with E-state index in [1.54, 1.807) is 25.3 Å². The summed E-state index contributed by atoms with van der Waals surface area (Å²) >= 11 is 0. The van der Waals surface area contributed by atoms with Gasteiger partial charge in [-0.3, -0.25) is 4.79 Å². The van der Waals surface area contributed by atoms with E-state index < -0.39 is 0 Å². The van der Waals surface area contributed by atoms with E-state index in [9.17, 15) is 4.79 Å². The van der Waals surface area contributed by atoms with Gasteiger partial charge >= 0.3 is 0 Å². The summed E-state index contributed by atoms with van der Waals surface area (Å²) in [6, 6.07) is 12.6. The van der Waals surface area contributed by atoms with Gasteiger partial charge in [0.15, 0.2) is 11.5 Å². The van der Waals surface area contributed by atoms with Gasteiger partial charge in [0.1, 0.15) is 5.75 Å². The molecular weight excluding hydrogens is 342 g/mol. The molecule has 1 N–H and O–H groups in total. The first-order chi connectivity index (χ1) is 13.0. The normalized spacial score (nSPS) is 10.6. The lowest BCUT2D eigenvalue weighted by Crippen LogP contribution is -2.13. The quantitative estimate of drug-likeness (QED) is 0.627. The van der Waals surface area contributed by atoms with E-state index >= 15 is 0 Å². The van der Waals surface area contributed by atoms with Gasteiger partial charge in [0.05, 0.1) is 26.0 Å². The Kier molecular flexibility index (Phi) is 7.99. The maximum absolute atomic E-state index is 12.7. The molecule has 0 heterocycles. The molecule has 0 radical (unpaired) electrons. The maximum Gasteiger partial charge on any atom is 0.255 e. The van der Waals surface area contributed by atoms with Gasteiger partial charge in [-0.2, -0.15) is 0 Å². The van der Waals surface area contributed by atoms with Crippen molar-refractivity contribution in [1.29, 1.82) is 0 Å². The first kappa shape index (κ1) is 20.6. The second-order valence-corrected chi connectivity index (χ2v) is 6.70. The second-order valence-electron chi connectivity index (χ2n) is 6.70. The number of amides is 1. The van der Waals surface area contributed by atoms with Crippen LogP contribution in [0.3, 0.4) is 0 Å². The molecule has 0 aliphatic carbocycles. The minimum Gasteiger partial charge on any atom is -0.493 e. The van der Waals surface area contributed by atoms with Crippen LogP contribution >= 0.6 is 0 Å². The smallest absolute Gasteiger partial charge is 0.255 e. The van der Waals surface area contributed by atoms with Crippen molar-refractivity contribution >= 4 is 11.6 Å². The number of benzene rings is 2. The molecule has 27 heavy (non-hydrogen) atoms. The molecule has 0 unspecified atom stereocenters. The van der Waals surface area contributed by atoms with Gasteiger partial charge in [-0.1, -0.05) is 32.9 Å². The Morgan fingerprint density at radius 3 is 2.44 bits per heavy atom. The molecule has 0 aromatic heterocycles. The van der Waals surface area contributed by atoms with Gasteiger partial charge in [0, 0.05) is 5.56 Å². The number of carbonyl (C=O) groups excluding carboxylic acids is 1. The van der Waals surface area contributed by atoms with E-state index in [1.807, 2.05) is 31.2 Å². The number of hydrogen-bond acceptors (Lipinski definition) is 4. The van der Waals surface area contributed by atoms with Crippen LogP contribution < -0.4 is 19.5 Å². The molecule has 146 valence electrons. The van der Waals surface area contributed by atoms with Gasteiger partial charge in [-0.05, 0) is 49.1 Å². The highest BCUT2D eigenvalue weighted by Gasteiger charge is 2.13. The average Bonchev–Trinajstić information content (AvgIpc) is 2.67. The Hall–Kier alpha value is -2.69. The van der Waals surface area contributed by atoms with E-state index in [1.165, 1.54) is 0 Å². The summed E-state index contributed by atoms with van der Waals surface area (Å²) in [4.78, 5) is 12.7.